The van der Waals surface area contributed by atoms with Crippen LogP contribution < -0.4 is 15.0 Å². The van der Waals surface area contributed by atoms with Gasteiger partial charge in [-0.25, -0.2) is 0 Å². The van der Waals surface area contributed by atoms with Crippen molar-refractivity contribution in [3.05, 3.63) is 54.7 Å². The molecule has 3 rings (SSSR count). The minimum atomic E-state index is 0.654. The van der Waals surface area contributed by atoms with Gasteiger partial charge in [-0.2, -0.15) is 0 Å². The molecule has 0 fully saturated rings. The first-order valence-corrected chi connectivity index (χ1v) is 8.88. The third kappa shape index (κ3) is 3.85. The lowest BCUT2D eigenvalue weighted by Gasteiger charge is -2.21. The Morgan fingerprint density at radius 1 is 0.960 bits per heavy atom. The highest BCUT2D eigenvalue weighted by atomic mass is 16.5. The van der Waals surface area contributed by atoms with Crippen molar-refractivity contribution in [3.63, 3.8) is 0 Å². The monoisotopic (exact) mass is 335 g/mol. The highest BCUT2D eigenvalue weighted by molar-refractivity contribution is 5.93. The second-order valence-electron chi connectivity index (χ2n) is 5.81. The molecule has 2 aromatic carbocycles. The molecule has 0 bridgehead atoms. The number of benzene rings is 2. The summed E-state index contributed by atoms with van der Waals surface area (Å²) in [5.74, 6) is 0.864. The lowest BCUT2D eigenvalue weighted by atomic mass is 10.1. The van der Waals surface area contributed by atoms with Crippen LogP contribution in [0.25, 0.3) is 10.9 Å². The fourth-order valence-electron chi connectivity index (χ4n) is 2.99. The molecule has 0 saturated heterocycles. The maximum absolute atomic E-state index is 5.62. The first kappa shape index (κ1) is 17.1. The Labute approximate surface area is 149 Å². The highest BCUT2D eigenvalue weighted by Gasteiger charge is 2.06. The molecule has 0 spiro atoms. The minimum absolute atomic E-state index is 0.654. The number of anilines is 3. The van der Waals surface area contributed by atoms with Crippen molar-refractivity contribution in [2.45, 2.75) is 20.8 Å². The molecule has 4 heteroatoms. The Morgan fingerprint density at radius 3 is 2.40 bits per heavy atom. The molecular formula is C21H25N3O. The summed E-state index contributed by atoms with van der Waals surface area (Å²) >= 11 is 0. The summed E-state index contributed by atoms with van der Waals surface area (Å²) in [5.41, 5.74) is 4.29. The van der Waals surface area contributed by atoms with Crippen LogP contribution >= 0.6 is 0 Å². The van der Waals surface area contributed by atoms with Crippen LogP contribution in [-0.2, 0) is 0 Å². The van der Waals surface area contributed by atoms with E-state index in [2.05, 4.69) is 53.3 Å². The summed E-state index contributed by atoms with van der Waals surface area (Å²) < 4.78 is 5.62. The minimum Gasteiger partial charge on any atom is -0.494 e. The van der Waals surface area contributed by atoms with Gasteiger partial charge in [-0.1, -0.05) is 0 Å². The predicted molar refractivity (Wildman–Crippen MR) is 106 cm³/mol. The van der Waals surface area contributed by atoms with Crippen LogP contribution in [0.1, 0.15) is 20.8 Å². The van der Waals surface area contributed by atoms with E-state index in [1.165, 1.54) is 5.69 Å². The topological polar surface area (TPSA) is 37.4 Å². The number of hydrogen-bond acceptors (Lipinski definition) is 4. The molecular weight excluding hydrogens is 310 g/mol. The largest absolute Gasteiger partial charge is 0.494 e. The van der Waals surface area contributed by atoms with Gasteiger partial charge in [-0.3, -0.25) is 4.98 Å². The molecule has 1 heterocycles. The maximum Gasteiger partial charge on any atom is 0.120 e. The zero-order valence-corrected chi connectivity index (χ0v) is 15.1. The van der Waals surface area contributed by atoms with E-state index < -0.39 is 0 Å². The van der Waals surface area contributed by atoms with Crippen LogP contribution in [0.5, 0.6) is 5.75 Å². The summed E-state index contributed by atoms with van der Waals surface area (Å²) in [6, 6.07) is 16.5. The second kappa shape index (κ2) is 7.88. The van der Waals surface area contributed by atoms with Crippen LogP contribution in [0, 0.1) is 0 Å². The van der Waals surface area contributed by atoms with Crippen LogP contribution in [-0.4, -0.2) is 24.7 Å². The van der Waals surface area contributed by atoms with Gasteiger partial charge in [0, 0.05) is 41.7 Å². The van der Waals surface area contributed by atoms with E-state index in [0.29, 0.717) is 6.61 Å². The number of hydrogen-bond donors (Lipinski definition) is 1. The van der Waals surface area contributed by atoms with Gasteiger partial charge < -0.3 is 15.0 Å². The van der Waals surface area contributed by atoms with Crippen molar-refractivity contribution >= 4 is 28.0 Å². The summed E-state index contributed by atoms with van der Waals surface area (Å²) in [6.45, 7) is 9.02. The van der Waals surface area contributed by atoms with Crippen LogP contribution in [0.4, 0.5) is 17.1 Å². The summed E-state index contributed by atoms with van der Waals surface area (Å²) in [5, 5.41) is 4.56. The third-order valence-corrected chi connectivity index (χ3v) is 4.30. The molecule has 1 aromatic heterocycles. The fraction of sp³-hybridized carbons (Fsp3) is 0.286. The van der Waals surface area contributed by atoms with E-state index in [1.54, 1.807) is 0 Å². The Bertz CT molecular complexity index is 826. The lowest BCUT2D eigenvalue weighted by Crippen LogP contribution is -2.21. The van der Waals surface area contributed by atoms with Crippen molar-refractivity contribution in [2.75, 3.05) is 29.9 Å². The molecule has 0 aliphatic carbocycles. The van der Waals surface area contributed by atoms with Crippen molar-refractivity contribution < 1.29 is 4.74 Å². The van der Waals surface area contributed by atoms with Crippen molar-refractivity contribution in [3.8, 4) is 5.75 Å². The number of fused-ring (bicyclic) bond motifs is 1. The summed E-state index contributed by atoms with van der Waals surface area (Å²) in [7, 11) is 0. The van der Waals surface area contributed by atoms with Gasteiger partial charge in [0.2, 0.25) is 0 Å². The van der Waals surface area contributed by atoms with Gasteiger partial charge in [0.15, 0.2) is 0 Å². The first-order chi connectivity index (χ1) is 12.2. The molecule has 4 nitrogen and oxygen atoms in total. The lowest BCUT2D eigenvalue weighted by molar-refractivity contribution is 0.340. The number of rotatable bonds is 7. The number of nitrogens with zero attached hydrogens (tertiary/aromatic N) is 2. The van der Waals surface area contributed by atoms with E-state index in [1.807, 2.05) is 37.4 Å². The Morgan fingerprint density at radius 2 is 1.72 bits per heavy atom. The fourth-order valence-corrected chi connectivity index (χ4v) is 2.99. The molecule has 0 aliphatic rings. The van der Waals surface area contributed by atoms with E-state index in [0.717, 1.165) is 41.1 Å². The maximum atomic E-state index is 5.62. The van der Waals surface area contributed by atoms with Crippen molar-refractivity contribution in [1.82, 2.24) is 4.98 Å². The molecule has 130 valence electrons. The molecule has 1 N–H and O–H groups in total. The predicted octanol–water partition coefficient (Wildman–Crippen LogP) is 5.22. The smallest absolute Gasteiger partial charge is 0.120 e. The van der Waals surface area contributed by atoms with Gasteiger partial charge >= 0.3 is 0 Å². The molecule has 0 saturated carbocycles. The molecule has 25 heavy (non-hydrogen) atoms. The highest BCUT2D eigenvalue weighted by Crippen LogP contribution is 2.29. The second-order valence-corrected chi connectivity index (χ2v) is 5.81. The van der Waals surface area contributed by atoms with Gasteiger partial charge in [-0.15, -0.1) is 0 Å². The number of aromatic nitrogens is 1. The van der Waals surface area contributed by atoms with Gasteiger partial charge in [0.25, 0.3) is 0 Å². The average molecular weight is 335 g/mol. The van der Waals surface area contributed by atoms with Crippen molar-refractivity contribution in [1.29, 1.82) is 0 Å². The first-order valence-electron chi connectivity index (χ1n) is 8.88. The van der Waals surface area contributed by atoms with E-state index in [4.69, 9.17) is 4.74 Å². The molecule has 0 aliphatic heterocycles. The van der Waals surface area contributed by atoms with E-state index in [-0.39, 0.29) is 0 Å². The van der Waals surface area contributed by atoms with Crippen molar-refractivity contribution in [2.24, 2.45) is 0 Å². The van der Waals surface area contributed by atoms with Crippen LogP contribution in [0.2, 0.25) is 0 Å². The Hall–Kier alpha value is -2.75. The third-order valence-electron chi connectivity index (χ3n) is 4.30. The molecule has 0 unspecified atom stereocenters. The number of nitrogens with one attached hydrogen (secondary N) is 1. The number of ether oxygens (including phenoxy) is 1. The van der Waals surface area contributed by atoms with Crippen LogP contribution in [0.15, 0.2) is 54.7 Å². The summed E-state index contributed by atoms with van der Waals surface area (Å²) in [6.07, 6.45) is 1.83. The molecule has 0 atom stereocenters. The van der Waals surface area contributed by atoms with E-state index >= 15 is 0 Å². The Kier molecular flexibility index (Phi) is 5.39. The molecule has 3 aromatic rings. The standard InChI is InChI=1S/C21H25N3O/c1-4-24(5-2)17-9-7-16(8-10-17)23-21-13-14-22-20-12-11-18(25-6-3)15-19(20)21/h7-15H,4-6H2,1-3H3,(H,22,23). The summed E-state index contributed by atoms with van der Waals surface area (Å²) in [4.78, 5) is 6.78. The zero-order valence-electron chi connectivity index (χ0n) is 15.1. The normalized spacial score (nSPS) is 10.7. The Balaban J connectivity index is 1.88. The van der Waals surface area contributed by atoms with Gasteiger partial charge in [-0.05, 0) is 69.3 Å². The number of pyridine rings is 1. The van der Waals surface area contributed by atoms with E-state index in [9.17, 15) is 0 Å². The molecule has 0 radical (unpaired) electrons. The van der Waals surface area contributed by atoms with Gasteiger partial charge in [0.05, 0.1) is 12.1 Å². The zero-order chi connectivity index (χ0) is 17.6. The quantitative estimate of drug-likeness (QED) is 0.642. The molecule has 0 amide bonds. The SMILES string of the molecule is CCOc1ccc2nccc(Nc3ccc(N(CC)CC)cc3)c2c1. The van der Waals surface area contributed by atoms with Gasteiger partial charge in [0.1, 0.15) is 5.75 Å². The van der Waals surface area contributed by atoms with Crippen LogP contribution in [0.3, 0.4) is 0 Å². The average Bonchev–Trinajstić information content (AvgIpc) is 2.65.